The molecule has 2 aromatic rings. The Morgan fingerprint density at radius 2 is 1.86 bits per heavy atom. The highest BCUT2D eigenvalue weighted by Crippen LogP contribution is 2.12. The van der Waals surface area contributed by atoms with Gasteiger partial charge < -0.3 is 11.1 Å². The van der Waals surface area contributed by atoms with E-state index in [0.29, 0.717) is 19.6 Å². The number of carbonyl (C=O) groups excluding carboxylic acids is 1. The van der Waals surface area contributed by atoms with Crippen LogP contribution >= 0.6 is 0 Å². The average Bonchev–Trinajstić information content (AvgIpc) is 2.76. The van der Waals surface area contributed by atoms with Crippen molar-refractivity contribution in [2.45, 2.75) is 32.9 Å². The van der Waals surface area contributed by atoms with E-state index in [2.05, 4.69) is 5.32 Å². The van der Waals surface area contributed by atoms with Crippen molar-refractivity contribution in [1.82, 2.24) is 14.5 Å². The number of unbranched alkanes of at least 4 members (excludes halogenated alkanes) is 1. The molecular formula is C15H22N4O2. The molecule has 0 atom stereocenters. The van der Waals surface area contributed by atoms with Crippen LogP contribution < -0.4 is 16.7 Å². The first-order valence-electron chi connectivity index (χ1n) is 7.33. The number of hydrogen-bond acceptors (Lipinski definition) is 3. The number of imidazole rings is 1. The van der Waals surface area contributed by atoms with E-state index >= 15 is 0 Å². The molecular weight excluding hydrogens is 268 g/mol. The van der Waals surface area contributed by atoms with Gasteiger partial charge in [-0.05, 0) is 38.4 Å². The Hall–Kier alpha value is -2.08. The quantitative estimate of drug-likeness (QED) is 0.736. The lowest BCUT2D eigenvalue weighted by molar-refractivity contribution is -0.121. The fourth-order valence-electron chi connectivity index (χ4n) is 2.43. The van der Waals surface area contributed by atoms with Crippen molar-refractivity contribution in [3.63, 3.8) is 0 Å². The zero-order valence-corrected chi connectivity index (χ0v) is 12.3. The van der Waals surface area contributed by atoms with Crippen molar-refractivity contribution in [3.05, 3.63) is 34.7 Å². The number of nitrogens with zero attached hydrogens (tertiary/aromatic N) is 2. The van der Waals surface area contributed by atoms with Gasteiger partial charge in [0.25, 0.3) is 0 Å². The first-order chi connectivity index (χ1) is 10.2. The van der Waals surface area contributed by atoms with Gasteiger partial charge in [-0.1, -0.05) is 12.1 Å². The number of rotatable bonds is 7. The molecule has 1 heterocycles. The molecule has 0 saturated carbocycles. The Labute approximate surface area is 123 Å². The smallest absolute Gasteiger partial charge is 0.329 e. The molecule has 3 N–H and O–H groups in total. The van der Waals surface area contributed by atoms with Crippen LogP contribution in [0.2, 0.25) is 0 Å². The molecule has 6 nitrogen and oxygen atoms in total. The number of fused-ring (bicyclic) bond motifs is 1. The van der Waals surface area contributed by atoms with E-state index in [1.807, 2.05) is 31.2 Å². The number of hydrogen-bond donors (Lipinski definition) is 2. The number of aryl methyl sites for hydroxylation is 1. The van der Waals surface area contributed by atoms with E-state index in [4.69, 9.17) is 5.73 Å². The summed E-state index contributed by atoms with van der Waals surface area (Å²) in [6.45, 7) is 3.78. The van der Waals surface area contributed by atoms with Crippen LogP contribution in [0.5, 0.6) is 0 Å². The third-order valence-corrected chi connectivity index (χ3v) is 3.50. The average molecular weight is 290 g/mol. The molecule has 2 rings (SSSR count). The van der Waals surface area contributed by atoms with Gasteiger partial charge in [0.15, 0.2) is 0 Å². The Morgan fingerprint density at radius 1 is 1.19 bits per heavy atom. The van der Waals surface area contributed by atoms with Crippen LogP contribution in [0.4, 0.5) is 0 Å². The summed E-state index contributed by atoms with van der Waals surface area (Å²) < 4.78 is 3.20. The molecule has 0 aliphatic heterocycles. The number of carbonyl (C=O) groups is 1. The maximum absolute atomic E-state index is 12.4. The minimum Gasteiger partial charge on any atom is -0.355 e. The standard InChI is InChI=1S/C15H22N4O2/c1-2-18-12-7-3-4-8-13(12)19(15(18)21)11-14(20)17-10-6-5-9-16/h3-4,7-8H,2,5-6,9-11,16H2,1H3,(H,17,20). The largest absolute Gasteiger partial charge is 0.355 e. The first-order valence-corrected chi connectivity index (χ1v) is 7.33. The number of nitrogens with two attached hydrogens (primary N) is 1. The van der Waals surface area contributed by atoms with Gasteiger partial charge in [0.05, 0.1) is 11.0 Å². The molecule has 114 valence electrons. The van der Waals surface area contributed by atoms with Crippen LogP contribution in [-0.4, -0.2) is 28.1 Å². The van der Waals surface area contributed by atoms with E-state index in [1.165, 1.54) is 4.57 Å². The summed E-state index contributed by atoms with van der Waals surface area (Å²) in [6, 6.07) is 7.53. The summed E-state index contributed by atoms with van der Waals surface area (Å²) in [5.41, 5.74) is 6.92. The normalized spacial score (nSPS) is 11.0. The van der Waals surface area contributed by atoms with E-state index in [0.717, 1.165) is 23.9 Å². The summed E-state index contributed by atoms with van der Waals surface area (Å²) in [5, 5.41) is 2.82. The molecule has 0 aliphatic carbocycles. The van der Waals surface area contributed by atoms with Crippen molar-refractivity contribution < 1.29 is 4.79 Å². The molecule has 0 unspecified atom stereocenters. The molecule has 21 heavy (non-hydrogen) atoms. The number of aromatic nitrogens is 2. The van der Waals surface area contributed by atoms with Crippen molar-refractivity contribution in [1.29, 1.82) is 0 Å². The summed E-state index contributed by atoms with van der Waals surface area (Å²) in [4.78, 5) is 24.3. The zero-order chi connectivity index (χ0) is 15.2. The number of nitrogens with one attached hydrogen (secondary N) is 1. The van der Waals surface area contributed by atoms with Gasteiger partial charge in [0.2, 0.25) is 5.91 Å². The summed E-state index contributed by atoms with van der Waals surface area (Å²) in [5.74, 6) is -0.145. The molecule has 0 fully saturated rings. The predicted octanol–water partition coefficient (Wildman–Crippen LogP) is 0.678. The molecule has 0 spiro atoms. The van der Waals surface area contributed by atoms with Gasteiger partial charge in [-0.25, -0.2) is 4.79 Å². The van der Waals surface area contributed by atoms with Crippen molar-refractivity contribution in [3.8, 4) is 0 Å². The third-order valence-electron chi connectivity index (χ3n) is 3.50. The van der Waals surface area contributed by atoms with Gasteiger partial charge in [-0.15, -0.1) is 0 Å². The second kappa shape index (κ2) is 7.08. The lowest BCUT2D eigenvalue weighted by Gasteiger charge is -2.05. The Bertz CT molecular complexity index is 672. The molecule has 1 amide bonds. The highest BCUT2D eigenvalue weighted by molar-refractivity contribution is 5.80. The van der Waals surface area contributed by atoms with E-state index in [1.54, 1.807) is 4.57 Å². The summed E-state index contributed by atoms with van der Waals surface area (Å²) in [7, 11) is 0. The van der Waals surface area contributed by atoms with Crippen molar-refractivity contribution in [2.75, 3.05) is 13.1 Å². The first kappa shape index (κ1) is 15.3. The van der Waals surface area contributed by atoms with Gasteiger partial charge in [-0.2, -0.15) is 0 Å². The minimum atomic E-state index is -0.145. The second-order valence-corrected chi connectivity index (χ2v) is 4.95. The van der Waals surface area contributed by atoms with Crippen LogP contribution in [0.1, 0.15) is 19.8 Å². The number of benzene rings is 1. The van der Waals surface area contributed by atoms with Crippen molar-refractivity contribution in [2.24, 2.45) is 5.73 Å². The molecule has 0 saturated heterocycles. The van der Waals surface area contributed by atoms with Crippen LogP contribution in [0, 0.1) is 0 Å². The maximum atomic E-state index is 12.4. The number of amides is 1. The zero-order valence-electron chi connectivity index (χ0n) is 12.3. The second-order valence-electron chi connectivity index (χ2n) is 4.95. The minimum absolute atomic E-state index is 0.0506. The fraction of sp³-hybridized carbons (Fsp3) is 0.467. The molecule has 0 radical (unpaired) electrons. The van der Waals surface area contributed by atoms with E-state index < -0.39 is 0 Å². The van der Waals surface area contributed by atoms with Crippen LogP contribution in [-0.2, 0) is 17.9 Å². The highest BCUT2D eigenvalue weighted by Gasteiger charge is 2.13. The third kappa shape index (κ3) is 3.33. The fourth-order valence-corrected chi connectivity index (χ4v) is 2.43. The molecule has 0 aliphatic rings. The van der Waals surface area contributed by atoms with Gasteiger partial charge in [-0.3, -0.25) is 13.9 Å². The molecule has 6 heteroatoms. The monoisotopic (exact) mass is 290 g/mol. The Kier molecular flexibility index (Phi) is 5.16. The Morgan fingerprint density at radius 3 is 2.48 bits per heavy atom. The SMILES string of the molecule is CCn1c(=O)n(CC(=O)NCCCCN)c2ccccc21. The van der Waals surface area contributed by atoms with E-state index in [9.17, 15) is 9.59 Å². The highest BCUT2D eigenvalue weighted by atomic mass is 16.2. The van der Waals surface area contributed by atoms with Crippen LogP contribution in [0.25, 0.3) is 11.0 Å². The summed E-state index contributed by atoms with van der Waals surface area (Å²) >= 11 is 0. The maximum Gasteiger partial charge on any atom is 0.329 e. The van der Waals surface area contributed by atoms with Crippen LogP contribution in [0.15, 0.2) is 29.1 Å². The summed E-state index contributed by atoms with van der Waals surface area (Å²) in [6.07, 6.45) is 1.74. The van der Waals surface area contributed by atoms with Gasteiger partial charge in [0.1, 0.15) is 6.54 Å². The molecule has 1 aromatic heterocycles. The lowest BCUT2D eigenvalue weighted by Crippen LogP contribution is -2.33. The topological polar surface area (TPSA) is 82.0 Å². The van der Waals surface area contributed by atoms with Gasteiger partial charge in [0, 0.05) is 13.1 Å². The van der Waals surface area contributed by atoms with Gasteiger partial charge >= 0.3 is 5.69 Å². The predicted molar refractivity (Wildman–Crippen MR) is 83.2 cm³/mol. The van der Waals surface area contributed by atoms with Crippen molar-refractivity contribution >= 4 is 16.9 Å². The van der Waals surface area contributed by atoms with E-state index in [-0.39, 0.29) is 18.1 Å². The molecule has 1 aromatic carbocycles. The molecule has 0 bridgehead atoms. The lowest BCUT2D eigenvalue weighted by atomic mass is 10.3. The number of para-hydroxylation sites is 2. The Balaban J connectivity index is 2.17. The van der Waals surface area contributed by atoms with Crippen LogP contribution in [0.3, 0.4) is 0 Å².